The predicted octanol–water partition coefficient (Wildman–Crippen LogP) is 2.05. The van der Waals surface area contributed by atoms with Gasteiger partial charge in [0, 0.05) is 25.8 Å². The standard InChI is InChI=1S/C17H28N4O/c1-3-11-21(4-2)16-6-5-15(13-20-16)17(22)19-10-8-14-7-9-18-12-14/h5-6,13-14,18H,3-4,7-12H2,1-2H3,(H,19,22). The van der Waals surface area contributed by atoms with Gasteiger partial charge in [0.15, 0.2) is 0 Å². The van der Waals surface area contributed by atoms with Crippen molar-refractivity contribution in [3.63, 3.8) is 0 Å². The Bertz CT molecular complexity index is 454. The largest absolute Gasteiger partial charge is 0.357 e. The molecule has 1 amide bonds. The lowest BCUT2D eigenvalue weighted by atomic mass is 10.1. The van der Waals surface area contributed by atoms with Crippen molar-refractivity contribution < 1.29 is 4.79 Å². The third-order valence-electron chi connectivity index (χ3n) is 4.21. The summed E-state index contributed by atoms with van der Waals surface area (Å²) in [6.45, 7) is 9.13. The summed E-state index contributed by atoms with van der Waals surface area (Å²) in [5, 5.41) is 6.34. The molecule has 0 saturated carbocycles. The number of amides is 1. The van der Waals surface area contributed by atoms with Crippen molar-refractivity contribution in [3.8, 4) is 0 Å². The number of nitrogens with one attached hydrogen (secondary N) is 2. The van der Waals surface area contributed by atoms with Crippen LogP contribution >= 0.6 is 0 Å². The van der Waals surface area contributed by atoms with Gasteiger partial charge in [0.2, 0.25) is 0 Å². The zero-order valence-corrected chi connectivity index (χ0v) is 13.8. The molecular weight excluding hydrogens is 276 g/mol. The highest BCUT2D eigenvalue weighted by Crippen LogP contribution is 2.13. The van der Waals surface area contributed by atoms with Gasteiger partial charge in [0.1, 0.15) is 5.82 Å². The first-order valence-electron chi connectivity index (χ1n) is 8.44. The smallest absolute Gasteiger partial charge is 0.252 e. The SMILES string of the molecule is CCCN(CC)c1ccc(C(=O)NCCC2CCNC2)cn1. The molecule has 1 aliphatic rings. The molecule has 0 spiro atoms. The van der Waals surface area contributed by atoms with Crippen LogP contribution < -0.4 is 15.5 Å². The molecule has 1 fully saturated rings. The maximum atomic E-state index is 12.1. The molecule has 5 heteroatoms. The van der Waals surface area contributed by atoms with Gasteiger partial charge in [-0.25, -0.2) is 4.98 Å². The van der Waals surface area contributed by atoms with Crippen molar-refractivity contribution in [2.75, 3.05) is 37.6 Å². The number of carbonyl (C=O) groups is 1. The van der Waals surface area contributed by atoms with Crippen LogP contribution in [-0.4, -0.2) is 43.6 Å². The summed E-state index contributed by atoms with van der Waals surface area (Å²) in [6, 6.07) is 3.81. The van der Waals surface area contributed by atoms with E-state index >= 15 is 0 Å². The fourth-order valence-electron chi connectivity index (χ4n) is 2.86. The second kappa shape index (κ2) is 8.73. The Labute approximate surface area is 133 Å². The van der Waals surface area contributed by atoms with Crippen molar-refractivity contribution in [2.45, 2.75) is 33.1 Å². The van der Waals surface area contributed by atoms with Gasteiger partial charge < -0.3 is 15.5 Å². The molecule has 1 unspecified atom stereocenters. The minimum atomic E-state index is -0.0245. The molecule has 2 N–H and O–H groups in total. The van der Waals surface area contributed by atoms with Crippen molar-refractivity contribution in [1.82, 2.24) is 15.6 Å². The summed E-state index contributed by atoms with van der Waals surface area (Å²) in [6.07, 6.45) is 5.04. The van der Waals surface area contributed by atoms with Crippen molar-refractivity contribution in [1.29, 1.82) is 0 Å². The van der Waals surface area contributed by atoms with Gasteiger partial charge in [0.05, 0.1) is 5.56 Å². The van der Waals surface area contributed by atoms with Crippen LogP contribution in [0.4, 0.5) is 5.82 Å². The van der Waals surface area contributed by atoms with E-state index in [0.29, 0.717) is 11.5 Å². The number of rotatable bonds is 8. The Morgan fingerprint density at radius 3 is 2.91 bits per heavy atom. The first-order chi connectivity index (χ1) is 10.7. The van der Waals surface area contributed by atoms with Crippen LogP contribution in [0.15, 0.2) is 18.3 Å². The lowest BCUT2D eigenvalue weighted by Gasteiger charge is -2.21. The van der Waals surface area contributed by atoms with E-state index in [2.05, 4.69) is 34.4 Å². The van der Waals surface area contributed by atoms with Crippen LogP contribution in [0.25, 0.3) is 0 Å². The molecule has 2 rings (SSSR count). The Morgan fingerprint density at radius 1 is 1.45 bits per heavy atom. The second-order valence-electron chi connectivity index (χ2n) is 5.89. The Hall–Kier alpha value is -1.62. The average Bonchev–Trinajstić information content (AvgIpc) is 3.06. The Balaban J connectivity index is 1.82. The fraction of sp³-hybridized carbons (Fsp3) is 0.647. The third kappa shape index (κ3) is 4.70. The minimum Gasteiger partial charge on any atom is -0.357 e. The van der Waals surface area contributed by atoms with Gasteiger partial charge in [-0.3, -0.25) is 4.79 Å². The summed E-state index contributed by atoms with van der Waals surface area (Å²) in [7, 11) is 0. The maximum Gasteiger partial charge on any atom is 0.252 e. The number of pyridine rings is 1. The van der Waals surface area contributed by atoms with E-state index in [4.69, 9.17) is 0 Å². The summed E-state index contributed by atoms with van der Waals surface area (Å²) < 4.78 is 0. The van der Waals surface area contributed by atoms with E-state index < -0.39 is 0 Å². The summed E-state index contributed by atoms with van der Waals surface area (Å²) >= 11 is 0. The van der Waals surface area contributed by atoms with Crippen molar-refractivity contribution in [3.05, 3.63) is 23.9 Å². The molecule has 1 saturated heterocycles. The lowest BCUT2D eigenvalue weighted by Crippen LogP contribution is -2.27. The van der Waals surface area contributed by atoms with E-state index in [1.165, 1.54) is 6.42 Å². The Kier molecular flexibility index (Phi) is 6.65. The molecule has 1 aromatic rings. The molecule has 0 bridgehead atoms. The maximum absolute atomic E-state index is 12.1. The molecule has 0 radical (unpaired) electrons. The lowest BCUT2D eigenvalue weighted by molar-refractivity contribution is 0.0951. The molecular formula is C17H28N4O. The second-order valence-corrected chi connectivity index (χ2v) is 5.89. The molecule has 0 aromatic carbocycles. The van der Waals surface area contributed by atoms with Gasteiger partial charge in [-0.05, 0) is 57.3 Å². The Morgan fingerprint density at radius 2 is 2.32 bits per heavy atom. The zero-order valence-electron chi connectivity index (χ0n) is 13.8. The third-order valence-corrected chi connectivity index (χ3v) is 4.21. The van der Waals surface area contributed by atoms with E-state index in [1.807, 2.05) is 12.1 Å². The quantitative estimate of drug-likeness (QED) is 0.772. The number of aromatic nitrogens is 1. The summed E-state index contributed by atoms with van der Waals surface area (Å²) in [5.74, 6) is 1.62. The van der Waals surface area contributed by atoms with Crippen LogP contribution in [-0.2, 0) is 0 Å². The van der Waals surface area contributed by atoms with E-state index in [1.54, 1.807) is 6.20 Å². The summed E-state index contributed by atoms with van der Waals surface area (Å²) in [5.41, 5.74) is 0.640. The molecule has 122 valence electrons. The van der Waals surface area contributed by atoms with Crippen LogP contribution in [0, 0.1) is 5.92 Å². The fourth-order valence-corrected chi connectivity index (χ4v) is 2.86. The first kappa shape index (κ1) is 16.7. The van der Waals surface area contributed by atoms with Crippen molar-refractivity contribution in [2.24, 2.45) is 5.92 Å². The number of nitrogens with zero attached hydrogens (tertiary/aromatic N) is 2. The number of anilines is 1. The van der Waals surface area contributed by atoms with Crippen molar-refractivity contribution >= 4 is 11.7 Å². The topological polar surface area (TPSA) is 57.3 Å². The molecule has 5 nitrogen and oxygen atoms in total. The molecule has 0 aliphatic carbocycles. The van der Waals surface area contributed by atoms with E-state index in [9.17, 15) is 4.79 Å². The molecule has 1 atom stereocenters. The van der Waals surface area contributed by atoms with Crippen LogP contribution in [0.5, 0.6) is 0 Å². The van der Waals surface area contributed by atoms with Crippen LogP contribution in [0.2, 0.25) is 0 Å². The van der Waals surface area contributed by atoms with Crippen LogP contribution in [0.1, 0.15) is 43.5 Å². The van der Waals surface area contributed by atoms with E-state index in [0.717, 1.165) is 51.4 Å². The highest BCUT2D eigenvalue weighted by molar-refractivity contribution is 5.94. The molecule has 1 aliphatic heterocycles. The van der Waals surface area contributed by atoms with Gasteiger partial charge in [0.25, 0.3) is 5.91 Å². The highest BCUT2D eigenvalue weighted by atomic mass is 16.1. The highest BCUT2D eigenvalue weighted by Gasteiger charge is 2.14. The summed E-state index contributed by atoms with van der Waals surface area (Å²) in [4.78, 5) is 18.8. The minimum absolute atomic E-state index is 0.0245. The normalized spacial score (nSPS) is 17.5. The number of hydrogen-bond donors (Lipinski definition) is 2. The molecule has 22 heavy (non-hydrogen) atoms. The van der Waals surface area contributed by atoms with Gasteiger partial charge >= 0.3 is 0 Å². The molecule has 2 heterocycles. The first-order valence-corrected chi connectivity index (χ1v) is 8.44. The predicted molar refractivity (Wildman–Crippen MR) is 90.3 cm³/mol. The number of carbonyl (C=O) groups excluding carboxylic acids is 1. The van der Waals surface area contributed by atoms with E-state index in [-0.39, 0.29) is 5.91 Å². The monoisotopic (exact) mass is 304 g/mol. The van der Waals surface area contributed by atoms with Gasteiger partial charge in [-0.2, -0.15) is 0 Å². The average molecular weight is 304 g/mol. The zero-order chi connectivity index (χ0) is 15.8. The van der Waals surface area contributed by atoms with Gasteiger partial charge in [-0.1, -0.05) is 6.92 Å². The van der Waals surface area contributed by atoms with Crippen LogP contribution in [0.3, 0.4) is 0 Å². The molecule has 1 aromatic heterocycles. The van der Waals surface area contributed by atoms with Gasteiger partial charge in [-0.15, -0.1) is 0 Å². The number of hydrogen-bond acceptors (Lipinski definition) is 4.